The van der Waals surface area contributed by atoms with E-state index < -0.39 is 0 Å². The van der Waals surface area contributed by atoms with Crippen LogP contribution in [-0.4, -0.2) is 17.6 Å². The molecule has 4 nitrogen and oxygen atoms in total. The topological polar surface area (TPSA) is 58.2 Å². The third-order valence-corrected chi connectivity index (χ3v) is 5.88. The summed E-state index contributed by atoms with van der Waals surface area (Å²) in [5.74, 6) is 0.342. The van der Waals surface area contributed by atoms with E-state index in [-0.39, 0.29) is 11.8 Å². The number of rotatable bonds is 4. The van der Waals surface area contributed by atoms with Crippen molar-refractivity contribution < 1.29 is 9.59 Å². The Kier molecular flexibility index (Phi) is 5.03. The molecule has 0 fully saturated rings. The van der Waals surface area contributed by atoms with E-state index in [1.807, 2.05) is 31.2 Å². The minimum atomic E-state index is -0.293. The van der Waals surface area contributed by atoms with Gasteiger partial charge in [0.25, 0.3) is 11.8 Å². The second kappa shape index (κ2) is 7.19. The van der Waals surface area contributed by atoms with Gasteiger partial charge in [0.2, 0.25) is 0 Å². The number of carbonyl (C=O) groups excluding carboxylic acids is 2. The van der Waals surface area contributed by atoms with Crippen LogP contribution in [0.1, 0.15) is 43.8 Å². The molecule has 0 bridgehead atoms. The minimum absolute atomic E-state index is 0.252. The molecule has 1 heterocycles. The van der Waals surface area contributed by atoms with Crippen LogP contribution in [0, 0.1) is 0 Å². The summed E-state index contributed by atoms with van der Waals surface area (Å²) in [6.07, 6.45) is 3.28. The smallest absolute Gasteiger partial charge is 0.267 e. The molecule has 6 heteroatoms. The highest BCUT2D eigenvalue weighted by molar-refractivity contribution is 7.99. The lowest BCUT2D eigenvalue weighted by Gasteiger charge is -2.09. The Morgan fingerprint density at radius 1 is 1.17 bits per heavy atom. The monoisotopic (exact) mass is 346 g/mol. The molecule has 0 saturated heterocycles. The van der Waals surface area contributed by atoms with Gasteiger partial charge in [-0.25, -0.2) is 0 Å². The van der Waals surface area contributed by atoms with Crippen LogP contribution in [-0.2, 0) is 12.8 Å². The lowest BCUT2D eigenvalue weighted by Crippen LogP contribution is -2.41. The summed E-state index contributed by atoms with van der Waals surface area (Å²) in [6, 6.07) is 9.34. The zero-order valence-electron chi connectivity index (χ0n) is 12.8. The van der Waals surface area contributed by atoms with Gasteiger partial charge in [0.1, 0.15) is 0 Å². The van der Waals surface area contributed by atoms with Crippen molar-refractivity contribution in [1.29, 1.82) is 0 Å². The van der Waals surface area contributed by atoms with E-state index in [0.717, 1.165) is 23.5 Å². The van der Waals surface area contributed by atoms with Gasteiger partial charge in [-0.05, 0) is 48.8 Å². The van der Waals surface area contributed by atoms with Crippen LogP contribution < -0.4 is 10.9 Å². The molecule has 2 amide bonds. The Hall–Kier alpha value is -1.79. The Morgan fingerprint density at radius 3 is 2.74 bits per heavy atom. The first kappa shape index (κ1) is 16.1. The highest BCUT2D eigenvalue weighted by Gasteiger charge is 2.19. The number of fused-ring (bicyclic) bond motifs is 1. The number of thioether (sulfide) groups is 1. The van der Waals surface area contributed by atoms with Crippen molar-refractivity contribution in [2.45, 2.75) is 31.1 Å². The first-order valence-corrected chi connectivity index (χ1v) is 9.43. The first-order valence-electron chi connectivity index (χ1n) is 7.63. The fourth-order valence-corrected chi connectivity index (χ4v) is 4.57. The fourth-order valence-electron chi connectivity index (χ4n) is 2.62. The quantitative estimate of drug-likeness (QED) is 0.659. The van der Waals surface area contributed by atoms with Crippen molar-refractivity contribution in [3.05, 3.63) is 51.2 Å². The van der Waals surface area contributed by atoms with Gasteiger partial charge < -0.3 is 0 Å². The molecule has 0 aliphatic heterocycles. The summed E-state index contributed by atoms with van der Waals surface area (Å²) in [7, 11) is 0. The Morgan fingerprint density at radius 2 is 1.96 bits per heavy atom. The molecule has 120 valence electrons. The van der Waals surface area contributed by atoms with Gasteiger partial charge in [0.15, 0.2) is 0 Å². The number of benzene rings is 1. The van der Waals surface area contributed by atoms with Crippen LogP contribution in [0.2, 0.25) is 0 Å². The molecule has 1 aliphatic carbocycles. The fraction of sp³-hybridized carbons (Fsp3) is 0.294. The van der Waals surface area contributed by atoms with Gasteiger partial charge in [0, 0.05) is 9.77 Å². The van der Waals surface area contributed by atoms with Crippen molar-refractivity contribution in [2.75, 3.05) is 5.75 Å². The van der Waals surface area contributed by atoms with Crippen molar-refractivity contribution in [1.82, 2.24) is 10.9 Å². The molecule has 0 radical (unpaired) electrons. The lowest BCUT2D eigenvalue weighted by atomic mass is 10.2. The van der Waals surface area contributed by atoms with Crippen molar-refractivity contribution in [3.63, 3.8) is 0 Å². The number of carbonyl (C=O) groups is 2. The highest BCUT2D eigenvalue weighted by Crippen LogP contribution is 2.30. The van der Waals surface area contributed by atoms with Gasteiger partial charge in [-0.1, -0.05) is 19.1 Å². The summed E-state index contributed by atoms with van der Waals surface area (Å²) >= 11 is 3.13. The number of nitrogens with one attached hydrogen (secondary N) is 2. The third kappa shape index (κ3) is 3.59. The molecule has 2 aromatic rings. The maximum Gasteiger partial charge on any atom is 0.279 e. The predicted octanol–water partition coefficient (Wildman–Crippen LogP) is 3.42. The average Bonchev–Trinajstić information content (AvgIpc) is 3.15. The van der Waals surface area contributed by atoms with Crippen LogP contribution in [0.4, 0.5) is 0 Å². The van der Waals surface area contributed by atoms with E-state index >= 15 is 0 Å². The first-order chi connectivity index (χ1) is 11.2. The second-order valence-corrected chi connectivity index (χ2v) is 7.69. The van der Waals surface area contributed by atoms with E-state index in [4.69, 9.17) is 0 Å². The number of thiophene rings is 1. The molecule has 1 aromatic heterocycles. The zero-order valence-corrected chi connectivity index (χ0v) is 14.5. The van der Waals surface area contributed by atoms with Gasteiger partial charge in [-0.15, -0.1) is 23.1 Å². The molecule has 0 atom stereocenters. The van der Waals surface area contributed by atoms with Gasteiger partial charge in [-0.3, -0.25) is 20.4 Å². The molecule has 3 rings (SSSR count). The zero-order chi connectivity index (χ0) is 16.2. The summed E-state index contributed by atoms with van der Waals surface area (Å²) in [5, 5.41) is 0. The summed E-state index contributed by atoms with van der Waals surface area (Å²) in [4.78, 5) is 27.3. The molecule has 2 N–H and O–H groups in total. The Bertz CT molecular complexity index is 718. The predicted molar refractivity (Wildman–Crippen MR) is 94.1 cm³/mol. The number of aryl methyl sites for hydroxylation is 2. The van der Waals surface area contributed by atoms with Crippen LogP contribution in [0.3, 0.4) is 0 Å². The molecule has 0 saturated carbocycles. The Balaban J connectivity index is 1.63. The molecule has 0 spiro atoms. The lowest BCUT2D eigenvalue weighted by molar-refractivity contribution is 0.0847. The van der Waals surface area contributed by atoms with E-state index in [0.29, 0.717) is 10.4 Å². The standard InChI is InChI=1S/C17H18N2O2S2/c1-2-22-14-8-4-3-7-12(14)16(20)18-19-17(21)15-10-11-6-5-9-13(11)23-15/h3-4,7-8,10H,2,5-6,9H2,1H3,(H,18,20)(H,19,21). The SMILES string of the molecule is CCSc1ccccc1C(=O)NNC(=O)c1cc2c(s1)CCC2. The van der Waals surface area contributed by atoms with Crippen LogP contribution in [0.25, 0.3) is 0 Å². The van der Waals surface area contributed by atoms with E-state index in [2.05, 4.69) is 10.9 Å². The van der Waals surface area contributed by atoms with Gasteiger partial charge >= 0.3 is 0 Å². The van der Waals surface area contributed by atoms with Crippen LogP contribution >= 0.6 is 23.1 Å². The number of hydrogen-bond acceptors (Lipinski definition) is 4. The second-order valence-electron chi connectivity index (χ2n) is 5.25. The summed E-state index contributed by atoms with van der Waals surface area (Å²) in [5.41, 5.74) is 6.88. The molecular weight excluding hydrogens is 328 g/mol. The number of hydrogen-bond donors (Lipinski definition) is 2. The number of amides is 2. The van der Waals surface area contributed by atoms with Crippen molar-refractivity contribution in [2.24, 2.45) is 0 Å². The minimum Gasteiger partial charge on any atom is -0.267 e. The third-order valence-electron chi connectivity index (χ3n) is 3.69. The normalized spacial score (nSPS) is 12.7. The molecule has 0 unspecified atom stereocenters. The number of hydrazine groups is 1. The highest BCUT2D eigenvalue weighted by atomic mass is 32.2. The van der Waals surface area contributed by atoms with Gasteiger partial charge in [0.05, 0.1) is 10.4 Å². The largest absolute Gasteiger partial charge is 0.279 e. The van der Waals surface area contributed by atoms with Crippen molar-refractivity contribution >= 4 is 34.9 Å². The van der Waals surface area contributed by atoms with E-state index in [9.17, 15) is 9.59 Å². The van der Waals surface area contributed by atoms with Gasteiger partial charge in [-0.2, -0.15) is 0 Å². The molecule has 1 aliphatic rings. The summed E-state index contributed by atoms with van der Waals surface area (Å²) in [6.45, 7) is 2.04. The Labute approximate surface area is 143 Å². The van der Waals surface area contributed by atoms with E-state index in [1.54, 1.807) is 17.8 Å². The average molecular weight is 346 g/mol. The van der Waals surface area contributed by atoms with E-state index in [1.165, 1.54) is 28.2 Å². The molecular formula is C17H18N2O2S2. The molecule has 1 aromatic carbocycles. The van der Waals surface area contributed by atoms with Crippen molar-refractivity contribution in [3.8, 4) is 0 Å². The maximum atomic E-state index is 12.3. The van der Waals surface area contributed by atoms with Crippen LogP contribution in [0.15, 0.2) is 35.2 Å². The van der Waals surface area contributed by atoms with Crippen LogP contribution in [0.5, 0.6) is 0 Å². The molecule has 23 heavy (non-hydrogen) atoms. The summed E-state index contributed by atoms with van der Waals surface area (Å²) < 4.78 is 0. The maximum absolute atomic E-state index is 12.3.